The van der Waals surface area contributed by atoms with Crippen LogP contribution in [0.5, 0.6) is 5.75 Å². The highest BCUT2D eigenvalue weighted by atomic mass is 19.1. The molecule has 0 atom stereocenters. The fourth-order valence-corrected chi connectivity index (χ4v) is 1.84. The van der Waals surface area contributed by atoms with Gasteiger partial charge in [0.05, 0.1) is 5.71 Å². The number of hydrogen-bond acceptors (Lipinski definition) is 3. The first-order valence-corrected chi connectivity index (χ1v) is 6.52. The van der Waals surface area contributed by atoms with Crippen molar-refractivity contribution < 1.29 is 14.3 Å². The van der Waals surface area contributed by atoms with E-state index in [0.29, 0.717) is 17.7 Å². The molecule has 21 heavy (non-hydrogen) atoms. The van der Waals surface area contributed by atoms with Crippen LogP contribution in [-0.4, -0.2) is 16.7 Å². The highest BCUT2D eigenvalue weighted by molar-refractivity contribution is 6.03. The molecule has 108 valence electrons. The molecule has 2 N–H and O–H groups in total. The molecule has 0 unspecified atom stereocenters. The summed E-state index contributed by atoms with van der Waals surface area (Å²) in [6.07, 6.45) is 0.437. The number of amides is 1. The second-order valence-corrected chi connectivity index (χ2v) is 4.38. The summed E-state index contributed by atoms with van der Waals surface area (Å²) in [6, 6.07) is 12.2. The predicted octanol–water partition coefficient (Wildman–Crippen LogP) is 3.08. The first-order chi connectivity index (χ1) is 10.1. The zero-order chi connectivity index (χ0) is 15.2. The Labute approximate surface area is 121 Å². The topological polar surface area (TPSA) is 61.7 Å². The second-order valence-electron chi connectivity index (χ2n) is 4.38. The zero-order valence-corrected chi connectivity index (χ0v) is 11.5. The van der Waals surface area contributed by atoms with Gasteiger partial charge in [-0.1, -0.05) is 25.1 Å². The first kappa shape index (κ1) is 14.7. The van der Waals surface area contributed by atoms with E-state index < -0.39 is 5.82 Å². The molecule has 0 bridgehead atoms. The van der Waals surface area contributed by atoms with Crippen LogP contribution in [-0.2, 0) is 0 Å². The maximum atomic E-state index is 13.3. The number of aromatic hydroxyl groups is 1. The smallest absolute Gasteiger partial charge is 0.271 e. The van der Waals surface area contributed by atoms with E-state index in [4.69, 9.17) is 0 Å². The lowest BCUT2D eigenvalue weighted by atomic mass is 10.1. The Morgan fingerprint density at radius 1 is 1.24 bits per heavy atom. The monoisotopic (exact) mass is 286 g/mol. The highest BCUT2D eigenvalue weighted by Crippen LogP contribution is 2.19. The minimum atomic E-state index is -0.474. The quantitative estimate of drug-likeness (QED) is 0.670. The number of carbonyl (C=O) groups excluding carboxylic acids is 1. The summed E-state index contributed by atoms with van der Waals surface area (Å²) in [5.74, 6) is -0.915. The Morgan fingerprint density at radius 3 is 2.62 bits per heavy atom. The number of phenols is 1. The van der Waals surface area contributed by atoms with E-state index in [1.54, 1.807) is 31.2 Å². The predicted molar refractivity (Wildman–Crippen MR) is 78.8 cm³/mol. The largest absolute Gasteiger partial charge is 0.507 e. The van der Waals surface area contributed by atoms with Gasteiger partial charge in [-0.25, -0.2) is 9.82 Å². The van der Waals surface area contributed by atoms with Crippen LogP contribution < -0.4 is 5.43 Å². The molecule has 0 aliphatic carbocycles. The number of rotatable bonds is 4. The van der Waals surface area contributed by atoms with E-state index in [-0.39, 0.29) is 17.2 Å². The fourth-order valence-electron chi connectivity index (χ4n) is 1.84. The van der Waals surface area contributed by atoms with E-state index in [9.17, 15) is 14.3 Å². The molecule has 1 amide bonds. The summed E-state index contributed by atoms with van der Waals surface area (Å²) < 4.78 is 13.3. The third-order valence-corrected chi connectivity index (χ3v) is 2.93. The molecule has 0 aliphatic heterocycles. The van der Waals surface area contributed by atoms with E-state index in [1.165, 1.54) is 12.1 Å². The summed E-state index contributed by atoms with van der Waals surface area (Å²) in [5.41, 5.74) is 3.55. The summed E-state index contributed by atoms with van der Waals surface area (Å²) >= 11 is 0. The molecule has 0 radical (unpaired) electrons. The number of phenolic OH excluding ortho intramolecular Hbond substituents is 1. The molecule has 4 nitrogen and oxygen atoms in total. The third kappa shape index (κ3) is 3.66. The maximum Gasteiger partial charge on any atom is 0.271 e. The normalized spacial score (nSPS) is 11.2. The van der Waals surface area contributed by atoms with E-state index in [1.807, 2.05) is 6.07 Å². The van der Waals surface area contributed by atoms with Gasteiger partial charge < -0.3 is 5.11 Å². The van der Waals surface area contributed by atoms with Gasteiger partial charge in [-0.05, 0) is 36.8 Å². The third-order valence-electron chi connectivity index (χ3n) is 2.93. The first-order valence-electron chi connectivity index (χ1n) is 6.52. The number of nitrogens with one attached hydrogen (secondary N) is 1. The molecule has 2 aromatic carbocycles. The van der Waals surface area contributed by atoms with Crippen molar-refractivity contribution in [2.75, 3.05) is 0 Å². The second kappa shape index (κ2) is 6.65. The van der Waals surface area contributed by atoms with Crippen molar-refractivity contribution in [3.05, 3.63) is 65.5 Å². The van der Waals surface area contributed by atoms with Crippen LogP contribution in [0.15, 0.2) is 53.6 Å². The highest BCUT2D eigenvalue weighted by Gasteiger charge is 2.10. The van der Waals surface area contributed by atoms with Gasteiger partial charge in [0.15, 0.2) is 0 Å². The van der Waals surface area contributed by atoms with E-state index in [0.717, 1.165) is 6.07 Å². The Bertz CT molecular complexity index is 669. The standard InChI is InChI=1S/C16H15FN2O2/c1-2-14(13-10-12(17)8-9-15(13)20)18-19-16(21)11-6-4-3-5-7-11/h3-10,20H,2H2,1H3,(H,19,21)/b18-14+. The van der Waals surface area contributed by atoms with Gasteiger partial charge in [0, 0.05) is 11.1 Å². The minimum Gasteiger partial charge on any atom is -0.507 e. The Kier molecular flexibility index (Phi) is 4.66. The molecular formula is C16H15FN2O2. The Balaban J connectivity index is 2.21. The van der Waals surface area contributed by atoms with Gasteiger partial charge in [-0.2, -0.15) is 5.10 Å². The van der Waals surface area contributed by atoms with Gasteiger partial charge in [0.25, 0.3) is 5.91 Å². The molecular weight excluding hydrogens is 271 g/mol. The lowest BCUT2D eigenvalue weighted by Gasteiger charge is -2.07. The van der Waals surface area contributed by atoms with Crippen LogP contribution in [0.1, 0.15) is 29.3 Å². The fraction of sp³-hybridized carbons (Fsp3) is 0.125. The van der Waals surface area contributed by atoms with Crippen molar-refractivity contribution >= 4 is 11.6 Å². The van der Waals surface area contributed by atoms with Crippen LogP contribution in [0, 0.1) is 5.82 Å². The van der Waals surface area contributed by atoms with Crippen LogP contribution in [0.25, 0.3) is 0 Å². The number of hydrazone groups is 1. The summed E-state index contributed by atoms with van der Waals surface area (Å²) in [4.78, 5) is 11.9. The Morgan fingerprint density at radius 2 is 1.95 bits per heavy atom. The molecule has 0 spiro atoms. The van der Waals surface area contributed by atoms with Crippen molar-refractivity contribution in [2.24, 2.45) is 5.10 Å². The molecule has 0 saturated carbocycles. The minimum absolute atomic E-state index is 0.0778. The van der Waals surface area contributed by atoms with Crippen molar-refractivity contribution in [3.8, 4) is 5.75 Å². The number of carbonyl (C=O) groups is 1. The van der Waals surface area contributed by atoms with Crippen LogP contribution in [0.3, 0.4) is 0 Å². The van der Waals surface area contributed by atoms with Gasteiger partial charge in [-0.3, -0.25) is 4.79 Å². The SMILES string of the molecule is CC/C(=N\NC(=O)c1ccccc1)c1cc(F)ccc1O. The number of hydrogen-bond donors (Lipinski definition) is 2. The maximum absolute atomic E-state index is 13.3. The van der Waals surface area contributed by atoms with Gasteiger partial charge in [-0.15, -0.1) is 0 Å². The van der Waals surface area contributed by atoms with Gasteiger partial charge in [0.2, 0.25) is 0 Å². The summed E-state index contributed by atoms with van der Waals surface area (Å²) in [6.45, 7) is 1.80. The average Bonchev–Trinajstić information content (AvgIpc) is 2.51. The van der Waals surface area contributed by atoms with Crippen molar-refractivity contribution in [1.82, 2.24) is 5.43 Å². The lowest BCUT2D eigenvalue weighted by molar-refractivity contribution is 0.0955. The van der Waals surface area contributed by atoms with Crippen LogP contribution in [0.4, 0.5) is 4.39 Å². The summed E-state index contributed by atoms with van der Waals surface area (Å²) in [5, 5.41) is 13.7. The van der Waals surface area contributed by atoms with Crippen molar-refractivity contribution in [2.45, 2.75) is 13.3 Å². The van der Waals surface area contributed by atoms with E-state index >= 15 is 0 Å². The molecule has 0 heterocycles. The molecule has 0 aromatic heterocycles. The molecule has 0 fully saturated rings. The molecule has 0 aliphatic rings. The molecule has 0 saturated heterocycles. The number of halogens is 1. The van der Waals surface area contributed by atoms with Gasteiger partial charge >= 0.3 is 0 Å². The van der Waals surface area contributed by atoms with Gasteiger partial charge in [0.1, 0.15) is 11.6 Å². The van der Waals surface area contributed by atoms with Crippen LogP contribution >= 0.6 is 0 Å². The number of nitrogens with zero attached hydrogens (tertiary/aromatic N) is 1. The van der Waals surface area contributed by atoms with Crippen molar-refractivity contribution in [1.29, 1.82) is 0 Å². The van der Waals surface area contributed by atoms with E-state index in [2.05, 4.69) is 10.5 Å². The number of benzene rings is 2. The lowest BCUT2D eigenvalue weighted by Crippen LogP contribution is -2.20. The zero-order valence-electron chi connectivity index (χ0n) is 11.5. The van der Waals surface area contributed by atoms with Crippen LogP contribution in [0.2, 0.25) is 0 Å². The van der Waals surface area contributed by atoms with Crippen molar-refractivity contribution in [3.63, 3.8) is 0 Å². The summed E-state index contributed by atoms with van der Waals surface area (Å²) in [7, 11) is 0. The molecule has 2 rings (SSSR count). The molecule has 2 aromatic rings. The Hall–Kier alpha value is -2.69. The molecule has 5 heteroatoms. The average molecular weight is 286 g/mol.